The van der Waals surface area contributed by atoms with Crippen LogP contribution in [0.1, 0.15) is 19.3 Å². The highest BCUT2D eigenvalue weighted by Gasteiger charge is 2.48. The Hall–Kier alpha value is -0.460. The molecule has 1 nitrogen and oxygen atoms in total. The van der Waals surface area contributed by atoms with Crippen LogP contribution in [0.5, 0.6) is 0 Å². The fraction of sp³-hybridized carbons (Fsp3) is 0.750. The molecule has 0 aromatic rings. The van der Waals surface area contributed by atoms with Crippen molar-refractivity contribution in [1.29, 1.82) is 0 Å². The van der Waals surface area contributed by atoms with Crippen molar-refractivity contribution < 1.29 is 0 Å². The summed E-state index contributed by atoms with van der Waals surface area (Å²) in [5, 5.41) is 0. The lowest BCUT2D eigenvalue weighted by molar-refractivity contribution is 0.423. The van der Waals surface area contributed by atoms with Crippen LogP contribution >= 0.6 is 0 Å². The minimum absolute atomic E-state index is 0.714. The van der Waals surface area contributed by atoms with Crippen LogP contribution in [0.2, 0.25) is 0 Å². The van der Waals surface area contributed by atoms with E-state index in [1.54, 1.807) is 0 Å². The first-order valence-electron chi connectivity index (χ1n) is 3.61. The van der Waals surface area contributed by atoms with Gasteiger partial charge >= 0.3 is 0 Å². The topological polar surface area (TPSA) is 3.24 Å². The molecule has 0 aromatic carbocycles. The van der Waals surface area contributed by atoms with E-state index in [1.165, 1.54) is 31.5 Å². The molecule has 1 saturated heterocycles. The molecule has 1 spiro atoms. The Kier molecular flexibility index (Phi) is 0.792. The van der Waals surface area contributed by atoms with Gasteiger partial charge in [-0.15, -0.1) is 0 Å². The second-order valence-corrected chi connectivity index (χ2v) is 3.60. The van der Waals surface area contributed by atoms with Gasteiger partial charge in [0.05, 0.1) is 0 Å². The van der Waals surface area contributed by atoms with Crippen LogP contribution in [-0.4, -0.2) is 18.5 Å². The van der Waals surface area contributed by atoms with E-state index in [-0.39, 0.29) is 0 Å². The van der Waals surface area contributed by atoms with Crippen molar-refractivity contribution in [2.45, 2.75) is 19.3 Å². The Morgan fingerprint density at radius 3 is 2.44 bits per heavy atom. The average molecular weight is 123 g/mol. The van der Waals surface area contributed by atoms with E-state index in [0.717, 1.165) is 0 Å². The SMILES string of the molecule is C=C1CC2(CC2)CN1C. The normalized spacial score (nSPS) is 29.9. The van der Waals surface area contributed by atoms with Gasteiger partial charge in [0.2, 0.25) is 0 Å². The number of nitrogens with zero attached hydrogens (tertiary/aromatic N) is 1. The zero-order valence-corrected chi connectivity index (χ0v) is 5.98. The molecule has 1 saturated carbocycles. The summed E-state index contributed by atoms with van der Waals surface area (Å²) >= 11 is 0. The van der Waals surface area contributed by atoms with Gasteiger partial charge in [0.1, 0.15) is 0 Å². The van der Waals surface area contributed by atoms with E-state index in [0.29, 0.717) is 5.41 Å². The molecule has 0 aromatic heterocycles. The summed E-state index contributed by atoms with van der Waals surface area (Å²) < 4.78 is 0. The van der Waals surface area contributed by atoms with Gasteiger partial charge in [-0.3, -0.25) is 0 Å². The predicted molar refractivity (Wildman–Crippen MR) is 38.1 cm³/mol. The van der Waals surface area contributed by atoms with Gasteiger partial charge < -0.3 is 4.90 Å². The number of hydrogen-bond donors (Lipinski definition) is 0. The van der Waals surface area contributed by atoms with Crippen LogP contribution in [0.4, 0.5) is 0 Å². The van der Waals surface area contributed by atoms with Crippen LogP contribution in [0, 0.1) is 5.41 Å². The van der Waals surface area contributed by atoms with E-state index in [9.17, 15) is 0 Å². The molecule has 0 atom stereocenters. The zero-order valence-electron chi connectivity index (χ0n) is 5.98. The third-order valence-electron chi connectivity index (χ3n) is 2.65. The minimum atomic E-state index is 0.714. The number of allylic oxidation sites excluding steroid dienone is 1. The first-order valence-corrected chi connectivity index (χ1v) is 3.61. The summed E-state index contributed by atoms with van der Waals surface area (Å²) in [6.07, 6.45) is 4.15. The Morgan fingerprint density at radius 2 is 2.22 bits per heavy atom. The lowest BCUT2D eigenvalue weighted by Crippen LogP contribution is -2.12. The molecule has 0 bridgehead atoms. The third kappa shape index (κ3) is 0.673. The molecule has 0 radical (unpaired) electrons. The largest absolute Gasteiger partial charge is 0.378 e. The third-order valence-corrected chi connectivity index (χ3v) is 2.65. The van der Waals surface area contributed by atoms with Crippen LogP contribution in [0.3, 0.4) is 0 Å². The molecule has 1 aliphatic heterocycles. The lowest BCUT2D eigenvalue weighted by Gasteiger charge is -2.10. The van der Waals surface area contributed by atoms with Crippen LogP contribution < -0.4 is 0 Å². The van der Waals surface area contributed by atoms with Gasteiger partial charge in [-0.05, 0) is 24.7 Å². The first kappa shape index (κ1) is 5.33. The van der Waals surface area contributed by atoms with E-state index in [4.69, 9.17) is 0 Å². The van der Waals surface area contributed by atoms with Gasteiger partial charge in [0.15, 0.2) is 0 Å². The Balaban J connectivity index is 2.14. The second kappa shape index (κ2) is 1.34. The van der Waals surface area contributed by atoms with Crippen molar-refractivity contribution in [3.05, 3.63) is 12.3 Å². The highest BCUT2D eigenvalue weighted by molar-refractivity contribution is 5.13. The summed E-state index contributed by atoms with van der Waals surface area (Å²) in [6, 6.07) is 0. The van der Waals surface area contributed by atoms with E-state index in [2.05, 4.69) is 18.5 Å². The smallest absolute Gasteiger partial charge is 0.0231 e. The van der Waals surface area contributed by atoms with Crippen molar-refractivity contribution >= 4 is 0 Å². The number of likely N-dealkylation sites (tertiary alicyclic amines) is 1. The lowest BCUT2D eigenvalue weighted by atomic mass is 10.1. The molecule has 1 aliphatic carbocycles. The highest BCUT2D eigenvalue weighted by atomic mass is 15.1. The van der Waals surface area contributed by atoms with Crippen molar-refractivity contribution in [3.63, 3.8) is 0 Å². The number of hydrogen-bond acceptors (Lipinski definition) is 1. The summed E-state index contributed by atoms with van der Waals surface area (Å²) in [7, 11) is 2.15. The van der Waals surface area contributed by atoms with Gasteiger partial charge in [0, 0.05) is 19.3 Å². The maximum Gasteiger partial charge on any atom is 0.0231 e. The van der Waals surface area contributed by atoms with E-state index < -0.39 is 0 Å². The van der Waals surface area contributed by atoms with Crippen LogP contribution in [0.15, 0.2) is 12.3 Å². The van der Waals surface area contributed by atoms with Crippen molar-refractivity contribution in [2.75, 3.05) is 13.6 Å². The molecule has 9 heavy (non-hydrogen) atoms. The summed E-state index contributed by atoms with van der Waals surface area (Å²) in [5.74, 6) is 0. The predicted octanol–water partition coefficient (Wildman–Crippen LogP) is 1.62. The van der Waals surface area contributed by atoms with Crippen LogP contribution in [-0.2, 0) is 0 Å². The molecule has 2 fully saturated rings. The van der Waals surface area contributed by atoms with Crippen molar-refractivity contribution in [3.8, 4) is 0 Å². The molecule has 50 valence electrons. The summed E-state index contributed by atoms with van der Waals surface area (Å²) in [6.45, 7) is 5.27. The van der Waals surface area contributed by atoms with Crippen molar-refractivity contribution in [2.24, 2.45) is 5.41 Å². The van der Waals surface area contributed by atoms with E-state index >= 15 is 0 Å². The highest BCUT2D eigenvalue weighted by Crippen LogP contribution is 2.55. The molecule has 1 heteroatoms. The summed E-state index contributed by atoms with van der Waals surface area (Å²) in [5.41, 5.74) is 2.05. The molecule has 0 amide bonds. The van der Waals surface area contributed by atoms with E-state index in [1.807, 2.05) is 0 Å². The molecule has 0 unspecified atom stereocenters. The van der Waals surface area contributed by atoms with Gasteiger partial charge in [0.25, 0.3) is 0 Å². The number of rotatable bonds is 0. The molecular formula is C8H13N. The maximum atomic E-state index is 4.00. The van der Waals surface area contributed by atoms with Gasteiger partial charge in [-0.25, -0.2) is 0 Å². The minimum Gasteiger partial charge on any atom is -0.378 e. The molecular weight excluding hydrogens is 110 g/mol. The second-order valence-electron chi connectivity index (χ2n) is 3.60. The maximum absolute atomic E-state index is 4.00. The Labute approximate surface area is 56.4 Å². The fourth-order valence-corrected chi connectivity index (χ4v) is 1.75. The monoisotopic (exact) mass is 123 g/mol. The van der Waals surface area contributed by atoms with Gasteiger partial charge in [-0.2, -0.15) is 0 Å². The van der Waals surface area contributed by atoms with Gasteiger partial charge in [-0.1, -0.05) is 6.58 Å². The Bertz CT molecular complexity index is 156. The quantitative estimate of drug-likeness (QED) is 0.473. The zero-order chi connectivity index (χ0) is 6.48. The molecule has 0 N–H and O–H groups in total. The molecule has 2 rings (SSSR count). The summed E-state index contributed by atoms with van der Waals surface area (Å²) in [4.78, 5) is 2.30. The van der Waals surface area contributed by atoms with Crippen LogP contribution in [0.25, 0.3) is 0 Å². The molecule has 1 heterocycles. The standard InChI is InChI=1S/C8H13N/c1-7-5-8(3-4-8)6-9(7)2/h1,3-6H2,2H3. The fourth-order valence-electron chi connectivity index (χ4n) is 1.75. The van der Waals surface area contributed by atoms with Crippen molar-refractivity contribution in [1.82, 2.24) is 4.90 Å². The molecule has 2 aliphatic rings. The Morgan fingerprint density at radius 1 is 1.56 bits per heavy atom. The first-order chi connectivity index (χ1) is 4.22. The average Bonchev–Trinajstić information content (AvgIpc) is 2.42.